The van der Waals surface area contributed by atoms with E-state index < -0.39 is 0 Å². The van der Waals surface area contributed by atoms with Crippen LogP contribution in [0.2, 0.25) is 0 Å². The van der Waals surface area contributed by atoms with Crippen LogP contribution >= 0.6 is 0 Å². The van der Waals surface area contributed by atoms with E-state index in [4.69, 9.17) is 0 Å². The van der Waals surface area contributed by atoms with Crippen molar-refractivity contribution in [3.63, 3.8) is 0 Å². The van der Waals surface area contributed by atoms with E-state index in [2.05, 4.69) is 44.9 Å². The molecule has 6 rings (SSSR count). The van der Waals surface area contributed by atoms with Crippen LogP contribution in [0.5, 0.6) is 0 Å². The Hall–Kier alpha value is -4.75. The first-order valence-corrected chi connectivity index (χ1v) is 15.1. The number of fused-ring (bicyclic) bond motifs is 1. The third kappa shape index (κ3) is 6.52. The van der Waals surface area contributed by atoms with Gasteiger partial charge in [-0.1, -0.05) is 61.9 Å². The molecule has 4 aromatic rings. The number of hydrogen-bond acceptors (Lipinski definition) is 5. The fourth-order valence-electron chi connectivity index (χ4n) is 5.94. The number of carbonyl (C=O) groups is 2. The highest BCUT2D eigenvalue weighted by atomic mass is 16.2. The average molecular weight is 572 g/mol. The molecular formula is C36H37N5O2. The minimum absolute atomic E-state index is 0.111. The van der Waals surface area contributed by atoms with Crippen LogP contribution in [0.4, 0.5) is 11.4 Å². The normalized spacial score (nSPS) is 16.6. The van der Waals surface area contributed by atoms with Crippen molar-refractivity contribution in [2.75, 3.05) is 23.7 Å². The molecule has 0 saturated carbocycles. The SMILES string of the molecule is CC[C@@H](NC(=O)c1ccc2c(c1)/C(=C(/Nc1cccc(CN3CCCCC3)c1)c1ccccn1)C(=O)N2)c1ccccc1. The fraction of sp³-hybridized carbons (Fsp3) is 0.250. The summed E-state index contributed by atoms with van der Waals surface area (Å²) in [6.45, 7) is 5.20. The summed E-state index contributed by atoms with van der Waals surface area (Å²) in [6.07, 6.45) is 6.27. The van der Waals surface area contributed by atoms with E-state index in [0.717, 1.165) is 37.3 Å². The van der Waals surface area contributed by atoms with E-state index in [-0.39, 0.29) is 17.9 Å². The molecule has 2 aliphatic heterocycles. The molecule has 7 nitrogen and oxygen atoms in total. The zero-order chi connectivity index (χ0) is 29.6. The van der Waals surface area contributed by atoms with Gasteiger partial charge < -0.3 is 16.0 Å². The number of anilines is 2. The summed E-state index contributed by atoms with van der Waals surface area (Å²) in [4.78, 5) is 34.0. The summed E-state index contributed by atoms with van der Waals surface area (Å²) >= 11 is 0. The molecule has 218 valence electrons. The first kappa shape index (κ1) is 28.4. The number of rotatable bonds is 9. The topological polar surface area (TPSA) is 86.4 Å². The van der Waals surface area contributed by atoms with Gasteiger partial charge in [0.1, 0.15) is 0 Å². The number of nitrogens with zero attached hydrogens (tertiary/aromatic N) is 2. The molecule has 0 spiro atoms. The van der Waals surface area contributed by atoms with Gasteiger partial charge in [-0.2, -0.15) is 0 Å². The quantitative estimate of drug-likeness (QED) is 0.191. The van der Waals surface area contributed by atoms with E-state index in [9.17, 15) is 9.59 Å². The average Bonchev–Trinajstić information content (AvgIpc) is 3.38. The van der Waals surface area contributed by atoms with Gasteiger partial charge in [-0.15, -0.1) is 0 Å². The van der Waals surface area contributed by atoms with E-state index >= 15 is 0 Å². The van der Waals surface area contributed by atoms with Crippen LogP contribution in [-0.4, -0.2) is 34.8 Å². The van der Waals surface area contributed by atoms with Gasteiger partial charge in [-0.3, -0.25) is 19.5 Å². The minimum atomic E-state index is -0.235. The van der Waals surface area contributed by atoms with Crippen LogP contribution in [0.3, 0.4) is 0 Å². The lowest BCUT2D eigenvalue weighted by molar-refractivity contribution is -0.110. The summed E-state index contributed by atoms with van der Waals surface area (Å²) in [7, 11) is 0. The van der Waals surface area contributed by atoms with Crippen molar-refractivity contribution < 1.29 is 9.59 Å². The number of pyridine rings is 1. The maximum absolute atomic E-state index is 13.5. The maximum atomic E-state index is 13.5. The van der Waals surface area contributed by atoms with Crippen molar-refractivity contribution in [3.8, 4) is 0 Å². The molecule has 1 atom stereocenters. The summed E-state index contributed by atoms with van der Waals surface area (Å²) in [5.74, 6) is -0.420. The Labute approximate surface area is 253 Å². The molecule has 2 aliphatic rings. The number of aromatic nitrogens is 1. The summed E-state index contributed by atoms with van der Waals surface area (Å²) in [5.41, 5.74) is 6.69. The molecule has 3 N–H and O–H groups in total. The Morgan fingerprint density at radius 1 is 0.930 bits per heavy atom. The Balaban J connectivity index is 1.34. The Morgan fingerprint density at radius 3 is 2.51 bits per heavy atom. The van der Waals surface area contributed by atoms with Crippen LogP contribution in [0.15, 0.2) is 97.2 Å². The Morgan fingerprint density at radius 2 is 1.74 bits per heavy atom. The van der Waals surface area contributed by atoms with Crippen LogP contribution in [0.25, 0.3) is 11.3 Å². The van der Waals surface area contributed by atoms with Gasteiger partial charge in [0, 0.05) is 35.2 Å². The Kier molecular flexibility index (Phi) is 8.61. The highest BCUT2D eigenvalue weighted by Crippen LogP contribution is 2.38. The second-order valence-corrected chi connectivity index (χ2v) is 11.2. The third-order valence-corrected chi connectivity index (χ3v) is 8.16. The van der Waals surface area contributed by atoms with Gasteiger partial charge in [0.15, 0.2) is 0 Å². The standard InChI is InChI=1S/C36H37N5O2/c1-2-30(26-13-5-3-6-14-26)39-35(42)27-17-18-31-29(23-27)33(36(43)40-31)34(32-16-7-8-19-37-32)38-28-15-11-12-25(22-28)24-41-20-9-4-10-21-41/h3,5-8,11-19,22-23,30,38H,2,4,9-10,20-21,24H2,1H3,(H,39,42)(H,40,43)/b34-33-/t30-/m1/s1. The summed E-state index contributed by atoms with van der Waals surface area (Å²) in [5, 5.41) is 9.69. The van der Waals surface area contributed by atoms with E-state index in [0.29, 0.717) is 33.8 Å². The van der Waals surface area contributed by atoms with Gasteiger partial charge in [0.05, 0.1) is 23.0 Å². The fourth-order valence-corrected chi connectivity index (χ4v) is 5.94. The molecule has 0 unspecified atom stereocenters. The van der Waals surface area contributed by atoms with Gasteiger partial charge in [-0.25, -0.2) is 0 Å². The number of likely N-dealkylation sites (tertiary alicyclic amines) is 1. The lowest BCUT2D eigenvalue weighted by Gasteiger charge is -2.26. The second-order valence-electron chi connectivity index (χ2n) is 11.2. The van der Waals surface area contributed by atoms with Gasteiger partial charge in [0.25, 0.3) is 11.8 Å². The van der Waals surface area contributed by atoms with Crippen molar-refractivity contribution in [1.29, 1.82) is 0 Å². The largest absolute Gasteiger partial charge is 0.353 e. The highest BCUT2D eigenvalue weighted by molar-refractivity contribution is 6.37. The molecular weight excluding hydrogens is 534 g/mol. The monoisotopic (exact) mass is 571 g/mol. The number of piperidine rings is 1. The number of carbonyl (C=O) groups excluding carboxylic acids is 2. The summed E-state index contributed by atoms with van der Waals surface area (Å²) in [6, 6.07) is 29.2. The maximum Gasteiger partial charge on any atom is 0.258 e. The van der Waals surface area contributed by atoms with E-state index in [1.165, 1.54) is 24.8 Å². The first-order valence-electron chi connectivity index (χ1n) is 15.1. The molecule has 3 aromatic carbocycles. The second kappa shape index (κ2) is 13.0. The summed E-state index contributed by atoms with van der Waals surface area (Å²) < 4.78 is 0. The number of amides is 2. The molecule has 1 saturated heterocycles. The lowest BCUT2D eigenvalue weighted by Crippen LogP contribution is -2.29. The van der Waals surface area contributed by atoms with Crippen molar-refractivity contribution in [2.45, 2.75) is 45.2 Å². The third-order valence-electron chi connectivity index (χ3n) is 8.16. The molecule has 0 bridgehead atoms. The lowest BCUT2D eigenvalue weighted by atomic mass is 9.99. The molecule has 3 heterocycles. The van der Waals surface area contributed by atoms with Crippen molar-refractivity contribution in [1.82, 2.24) is 15.2 Å². The van der Waals surface area contributed by atoms with Gasteiger partial charge in [0.2, 0.25) is 0 Å². The van der Waals surface area contributed by atoms with Crippen LogP contribution in [0.1, 0.15) is 71.4 Å². The molecule has 2 amide bonds. The number of nitrogens with one attached hydrogen (secondary N) is 3. The van der Waals surface area contributed by atoms with Gasteiger partial charge >= 0.3 is 0 Å². The molecule has 1 aromatic heterocycles. The van der Waals surface area contributed by atoms with E-state index in [1.807, 2.05) is 60.7 Å². The van der Waals surface area contributed by atoms with Crippen molar-refractivity contribution in [3.05, 3.63) is 125 Å². The molecule has 0 aliphatic carbocycles. The van der Waals surface area contributed by atoms with Crippen LogP contribution in [-0.2, 0) is 11.3 Å². The minimum Gasteiger partial charge on any atom is -0.353 e. The predicted molar refractivity (Wildman–Crippen MR) is 172 cm³/mol. The Bertz CT molecular complexity index is 1630. The van der Waals surface area contributed by atoms with E-state index in [1.54, 1.807) is 24.4 Å². The smallest absolute Gasteiger partial charge is 0.258 e. The van der Waals surface area contributed by atoms with Crippen LogP contribution < -0.4 is 16.0 Å². The molecule has 1 fully saturated rings. The predicted octanol–water partition coefficient (Wildman–Crippen LogP) is 6.88. The number of hydrogen-bond donors (Lipinski definition) is 3. The first-order chi connectivity index (χ1) is 21.1. The molecule has 7 heteroatoms. The van der Waals surface area contributed by atoms with Crippen molar-refractivity contribution in [2.24, 2.45) is 0 Å². The zero-order valence-corrected chi connectivity index (χ0v) is 24.5. The van der Waals surface area contributed by atoms with Crippen molar-refractivity contribution >= 4 is 34.5 Å². The molecule has 43 heavy (non-hydrogen) atoms. The van der Waals surface area contributed by atoms with Crippen LogP contribution in [0, 0.1) is 0 Å². The number of benzene rings is 3. The van der Waals surface area contributed by atoms with Gasteiger partial charge in [-0.05, 0) is 85.9 Å². The zero-order valence-electron chi connectivity index (χ0n) is 24.5. The molecule has 0 radical (unpaired) electrons. The highest BCUT2D eigenvalue weighted by Gasteiger charge is 2.30.